The van der Waals surface area contributed by atoms with Crippen LogP contribution in [0.5, 0.6) is 0 Å². The molecule has 0 aliphatic heterocycles. The predicted molar refractivity (Wildman–Crippen MR) is 43.6 cm³/mol. The quantitative estimate of drug-likeness (QED) is 0.352. The number of hydrogen-bond acceptors (Lipinski definition) is 4. The molecule has 0 bridgehead atoms. The lowest BCUT2D eigenvalue weighted by atomic mass is 10.0. The Morgan fingerprint density at radius 2 is 2.09 bits per heavy atom. The van der Waals surface area contributed by atoms with Crippen LogP contribution >= 0.6 is 0 Å². The molecule has 0 saturated carbocycles. The molecule has 5 N–H and O–H groups in total. The zero-order valence-corrected chi connectivity index (χ0v) is 6.83. The molecule has 0 aliphatic rings. The molecule has 4 nitrogen and oxygen atoms in total. The first kappa shape index (κ1) is 10.8. The van der Waals surface area contributed by atoms with E-state index >= 15 is 0 Å². The maximum Gasteiger partial charge on any atom is 0.0729 e. The number of rotatable bonds is 7. The summed E-state index contributed by atoms with van der Waals surface area (Å²) in [5.74, 6) is 5.05. The van der Waals surface area contributed by atoms with Crippen molar-refractivity contribution in [3.05, 3.63) is 0 Å². The van der Waals surface area contributed by atoms with Crippen LogP contribution in [0.25, 0.3) is 0 Å². The molecule has 0 aromatic heterocycles. The third kappa shape index (κ3) is 6.25. The van der Waals surface area contributed by atoms with Crippen LogP contribution in [0, 0.1) is 5.92 Å². The van der Waals surface area contributed by atoms with Crippen LogP contribution in [-0.4, -0.2) is 24.9 Å². The van der Waals surface area contributed by atoms with Crippen LogP contribution < -0.4 is 11.6 Å². The number of nitrogens with two attached hydrogens (primary N) is 2. The highest BCUT2D eigenvalue weighted by Crippen LogP contribution is 2.06. The van der Waals surface area contributed by atoms with Gasteiger partial charge >= 0.3 is 0 Å². The lowest BCUT2D eigenvalue weighted by molar-refractivity contribution is 0.0689. The largest absolute Gasteiger partial charge is 0.396 e. The summed E-state index contributed by atoms with van der Waals surface area (Å²) in [6.07, 6.45) is 2.97. The Morgan fingerprint density at radius 1 is 1.36 bits per heavy atom. The van der Waals surface area contributed by atoms with E-state index in [0.717, 1.165) is 19.3 Å². The summed E-state index contributed by atoms with van der Waals surface area (Å²) < 4.78 is 0. The Kier molecular flexibility index (Phi) is 7.83. The van der Waals surface area contributed by atoms with Crippen LogP contribution in [-0.2, 0) is 4.84 Å². The minimum absolute atomic E-state index is 0.141. The normalized spacial score (nSPS) is 13.4. The molecule has 0 saturated heterocycles. The van der Waals surface area contributed by atoms with Crippen molar-refractivity contribution < 1.29 is 9.94 Å². The summed E-state index contributed by atoms with van der Waals surface area (Å²) in [4.78, 5) is 4.43. The second-order valence-electron chi connectivity index (χ2n) is 2.67. The second-order valence-corrected chi connectivity index (χ2v) is 2.67. The monoisotopic (exact) mass is 162 g/mol. The Balaban J connectivity index is 3.20. The van der Waals surface area contributed by atoms with Crippen molar-refractivity contribution in [2.45, 2.75) is 19.3 Å². The number of aliphatic hydroxyl groups excluding tert-OH is 1. The van der Waals surface area contributed by atoms with Crippen molar-refractivity contribution in [3.8, 4) is 0 Å². The van der Waals surface area contributed by atoms with Gasteiger partial charge in [-0.1, -0.05) is 6.42 Å². The Morgan fingerprint density at radius 3 is 2.55 bits per heavy atom. The van der Waals surface area contributed by atoms with Crippen molar-refractivity contribution in [2.24, 2.45) is 17.5 Å². The topological polar surface area (TPSA) is 81.5 Å². The minimum Gasteiger partial charge on any atom is -0.396 e. The fourth-order valence-electron chi connectivity index (χ4n) is 0.941. The SMILES string of the molecule is NCCCCC(CO)CON. The molecule has 1 unspecified atom stereocenters. The van der Waals surface area contributed by atoms with Crippen molar-refractivity contribution in [1.82, 2.24) is 0 Å². The van der Waals surface area contributed by atoms with Crippen molar-refractivity contribution in [3.63, 3.8) is 0 Å². The molecule has 68 valence electrons. The maximum atomic E-state index is 8.79. The molecule has 0 fully saturated rings. The third-order valence-electron chi connectivity index (χ3n) is 1.66. The van der Waals surface area contributed by atoms with Crippen LogP contribution in [0.1, 0.15) is 19.3 Å². The van der Waals surface area contributed by atoms with Crippen molar-refractivity contribution in [1.29, 1.82) is 0 Å². The Hall–Kier alpha value is -0.160. The summed E-state index contributed by atoms with van der Waals surface area (Å²) >= 11 is 0. The highest BCUT2D eigenvalue weighted by Gasteiger charge is 2.05. The number of hydrogen-bond donors (Lipinski definition) is 3. The van der Waals surface area contributed by atoms with E-state index in [2.05, 4.69) is 4.84 Å². The van der Waals surface area contributed by atoms with Gasteiger partial charge in [0.2, 0.25) is 0 Å². The molecule has 0 aliphatic carbocycles. The fraction of sp³-hybridized carbons (Fsp3) is 1.00. The zero-order valence-electron chi connectivity index (χ0n) is 6.83. The van der Waals surface area contributed by atoms with E-state index in [4.69, 9.17) is 16.7 Å². The highest BCUT2D eigenvalue weighted by molar-refractivity contribution is 4.56. The summed E-state index contributed by atoms with van der Waals surface area (Å²) in [5.41, 5.74) is 5.31. The number of unbranched alkanes of at least 4 members (excludes halogenated alkanes) is 1. The molecule has 0 radical (unpaired) electrons. The smallest absolute Gasteiger partial charge is 0.0729 e. The molecule has 0 spiro atoms. The predicted octanol–water partition coefficient (Wildman–Crippen LogP) is -0.386. The first-order valence-electron chi connectivity index (χ1n) is 3.97. The molecule has 11 heavy (non-hydrogen) atoms. The molecule has 0 rings (SSSR count). The molecular weight excluding hydrogens is 144 g/mol. The van der Waals surface area contributed by atoms with Crippen LogP contribution in [0.15, 0.2) is 0 Å². The molecule has 1 atom stereocenters. The first-order valence-corrected chi connectivity index (χ1v) is 3.97. The Labute approximate surface area is 67.5 Å². The van der Waals surface area contributed by atoms with Crippen LogP contribution in [0.4, 0.5) is 0 Å². The molecule has 0 aromatic carbocycles. The number of aliphatic hydroxyl groups is 1. The van der Waals surface area contributed by atoms with E-state index in [9.17, 15) is 0 Å². The lowest BCUT2D eigenvalue weighted by Crippen LogP contribution is -2.16. The van der Waals surface area contributed by atoms with E-state index in [1.165, 1.54) is 0 Å². The van der Waals surface area contributed by atoms with Gasteiger partial charge in [0.05, 0.1) is 6.61 Å². The van der Waals surface area contributed by atoms with Gasteiger partial charge in [0.25, 0.3) is 0 Å². The van der Waals surface area contributed by atoms with E-state index < -0.39 is 0 Å². The molecule has 0 amide bonds. The third-order valence-corrected chi connectivity index (χ3v) is 1.66. The first-order chi connectivity index (χ1) is 5.35. The van der Waals surface area contributed by atoms with Crippen LogP contribution in [0.3, 0.4) is 0 Å². The van der Waals surface area contributed by atoms with Gasteiger partial charge in [-0.2, -0.15) is 0 Å². The maximum absolute atomic E-state index is 8.79. The summed E-state index contributed by atoms with van der Waals surface area (Å²) in [6, 6.07) is 0. The van der Waals surface area contributed by atoms with Gasteiger partial charge in [0.15, 0.2) is 0 Å². The van der Waals surface area contributed by atoms with E-state index in [-0.39, 0.29) is 12.5 Å². The van der Waals surface area contributed by atoms with Crippen molar-refractivity contribution >= 4 is 0 Å². The van der Waals surface area contributed by atoms with Gasteiger partial charge in [-0.15, -0.1) is 0 Å². The average Bonchev–Trinajstić information content (AvgIpc) is 2.03. The van der Waals surface area contributed by atoms with E-state index in [1.54, 1.807) is 0 Å². The second kappa shape index (κ2) is 7.94. The molecule has 0 aromatic rings. The van der Waals surface area contributed by atoms with Gasteiger partial charge in [0, 0.05) is 12.5 Å². The minimum atomic E-state index is 0.141. The molecule has 0 heterocycles. The van der Waals surface area contributed by atoms with Crippen molar-refractivity contribution in [2.75, 3.05) is 19.8 Å². The molecule has 4 heteroatoms. The summed E-state index contributed by atoms with van der Waals surface area (Å²) in [5, 5.41) is 8.79. The summed E-state index contributed by atoms with van der Waals surface area (Å²) in [7, 11) is 0. The zero-order chi connectivity index (χ0) is 8.53. The van der Waals surface area contributed by atoms with Gasteiger partial charge in [0.1, 0.15) is 0 Å². The fourth-order valence-corrected chi connectivity index (χ4v) is 0.941. The van der Waals surface area contributed by atoms with Crippen LogP contribution in [0.2, 0.25) is 0 Å². The van der Waals surface area contributed by atoms with Gasteiger partial charge < -0.3 is 15.7 Å². The lowest BCUT2D eigenvalue weighted by Gasteiger charge is -2.11. The standard InChI is InChI=1S/C7H18N2O2/c8-4-2-1-3-7(5-10)6-11-9/h7,10H,1-6,8-9H2. The molecular formula is C7H18N2O2. The van der Waals surface area contributed by atoms with Gasteiger partial charge in [-0.25, -0.2) is 5.90 Å². The van der Waals surface area contributed by atoms with Gasteiger partial charge in [-0.3, -0.25) is 0 Å². The summed E-state index contributed by atoms with van der Waals surface area (Å²) in [6.45, 7) is 1.28. The Bertz CT molecular complexity index is 80.8. The van der Waals surface area contributed by atoms with Gasteiger partial charge in [-0.05, 0) is 19.4 Å². The van der Waals surface area contributed by atoms with E-state index in [1.807, 2.05) is 0 Å². The highest BCUT2D eigenvalue weighted by atomic mass is 16.6. The van der Waals surface area contributed by atoms with E-state index in [0.29, 0.717) is 13.2 Å². The average molecular weight is 162 g/mol.